The van der Waals surface area contributed by atoms with Gasteiger partial charge in [0.15, 0.2) is 0 Å². The van der Waals surface area contributed by atoms with Crippen molar-refractivity contribution >= 4 is 5.70 Å². The summed E-state index contributed by atoms with van der Waals surface area (Å²) >= 11 is 0. The van der Waals surface area contributed by atoms with Crippen LogP contribution in [0.5, 0.6) is 17.2 Å². The van der Waals surface area contributed by atoms with Crippen molar-refractivity contribution < 1.29 is 14.2 Å². The highest BCUT2D eigenvalue weighted by molar-refractivity contribution is 5.70. The SMILES string of the molecule is C/C=C(\c1ccc(OC)cc1OC)N1CCCc2ccc(OC)cc2C1. The summed E-state index contributed by atoms with van der Waals surface area (Å²) < 4.78 is 16.4. The van der Waals surface area contributed by atoms with E-state index in [1.165, 1.54) is 16.8 Å². The van der Waals surface area contributed by atoms with Crippen LogP contribution in [-0.4, -0.2) is 32.8 Å². The Balaban J connectivity index is 1.95. The second kappa shape index (κ2) is 8.17. The molecule has 0 saturated heterocycles. The first-order valence-corrected chi connectivity index (χ1v) is 8.99. The first-order valence-electron chi connectivity index (χ1n) is 8.99. The molecule has 0 aliphatic carbocycles. The predicted molar refractivity (Wildman–Crippen MR) is 105 cm³/mol. The number of rotatable bonds is 5. The Morgan fingerprint density at radius 1 is 0.923 bits per heavy atom. The van der Waals surface area contributed by atoms with E-state index in [9.17, 15) is 0 Å². The number of hydrogen-bond acceptors (Lipinski definition) is 4. The highest BCUT2D eigenvalue weighted by Crippen LogP contribution is 2.34. The zero-order valence-electron chi connectivity index (χ0n) is 16.0. The Bertz CT molecular complexity index is 798. The molecule has 0 amide bonds. The van der Waals surface area contributed by atoms with Crippen LogP contribution < -0.4 is 14.2 Å². The van der Waals surface area contributed by atoms with Crippen molar-refractivity contribution in [1.29, 1.82) is 0 Å². The number of hydrogen-bond donors (Lipinski definition) is 0. The van der Waals surface area contributed by atoms with Gasteiger partial charge in [0.2, 0.25) is 0 Å². The van der Waals surface area contributed by atoms with E-state index in [2.05, 4.69) is 42.2 Å². The average molecular weight is 353 g/mol. The van der Waals surface area contributed by atoms with Gasteiger partial charge >= 0.3 is 0 Å². The normalized spacial score (nSPS) is 14.5. The molecular weight excluding hydrogens is 326 g/mol. The Hall–Kier alpha value is -2.62. The van der Waals surface area contributed by atoms with Gasteiger partial charge in [-0.15, -0.1) is 0 Å². The van der Waals surface area contributed by atoms with E-state index < -0.39 is 0 Å². The molecule has 138 valence electrons. The van der Waals surface area contributed by atoms with Crippen LogP contribution in [0, 0.1) is 0 Å². The lowest BCUT2D eigenvalue weighted by Crippen LogP contribution is -2.22. The first-order chi connectivity index (χ1) is 12.7. The molecule has 1 aliphatic rings. The molecule has 0 unspecified atom stereocenters. The Morgan fingerprint density at radius 3 is 2.35 bits per heavy atom. The molecule has 4 heteroatoms. The van der Waals surface area contributed by atoms with E-state index >= 15 is 0 Å². The lowest BCUT2D eigenvalue weighted by molar-refractivity contribution is 0.378. The first kappa shape index (κ1) is 18.2. The van der Waals surface area contributed by atoms with Gasteiger partial charge in [-0.05, 0) is 55.2 Å². The van der Waals surface area contributed by atoms with Crippen molar-refractivity contribution in [3.63, 3.8) is 0 Å². The number of fused-ring (bicyclic) bond motifs is 1. The molecule has 2 aromatic rings. The second-order valence-corrected chi connectivity index (χ2v) is 6.40. The molecular formula is C22H27NO3. The summed E-state index contributed by atoms with van der Waals surface area (Å²) in [6, 6.07) is 12.4. The lowest BCUT2D eigenvalue weighted by Gasteiger charge is -2.27. The zero-order valence-corrected chi connectivity index (χ0v) is 16.0. The minimum Gasteiger partial charge on any atom is -0.497 e. The molecule has 0 aromatic heterocycles. The smallest absolute Gasteiger partial charge is 0.131 e. The third kappa shape index (κ3) is 3.64. The minimum atomic E-state index is 0.798. The van der Waals surface area contributed by atoms with Crippen molar-refractivity contribution in [2.75, 3.05) is 27.9 Å². The van der Waals surface area contributed by atoms with Crippen LogP contribution in [0.1, 0.15) is 30.0 Å². The maximum atomic E-state index is 5.63. The van der Waals surface area contributed by atoms with Gasteiger partial charge in [0.05, 0.1) is 21.3 Å². The molecule has 0 spiro atoms. The van der Waals surface area contributed by atoms with E-state index in [0.29, 0.717) is 0 Å². The van der Waals surface area contributed by atoms with Crippen LogP contribution in [0.4, 0.5) is 0 Å². The number of allylic oxidation sites excluding steroid dienone is 1. The maximum Gasteiger partial charge on any atom is 0.131 e. The van der Waals surface area contributed by atoms with Crippen molar-refractivity contribution in [1.82, 2.24) is 4.90 Å². The van der Waals surface area contributed by atoms with Gasteiger partial charge in [0.25, 0.3) is 0 Å². The van der Waals surface area contributed by atoms with Gasteiger partial charge in [0, 0.05) is 30.4 Å². The molecule has 1 heterocycles. The average Bonchev–Trinajstić information content (AvgIpc) is 2.90. The van der Waals surface area contributed by atoms with Gasteiger partial charge in [-0.1, -0.05) is 12.1 Å². The molecule has 0 atom stereocenters. The summed E-state index contributed by atoms with van der Waals surface area (Å²) in [5.41, 5.74) is 5.00. The number of benzene rings is 2. The number of nitrogens with zero attached hydrogens (tertiary/aromatic N) is 1. The van der Waals surface area contributed by atoms with E-state index in [0.717, 1.165) is 48.7 Å². The second-order valence-electron chi connectivity index (χ2n) is 6.40. The van der Waals surface area contributed by atoms with Gasteiger partial charge in [-0.3, -0.25) is 0 Å². The van der Waals surface area contributed by atoms with E-state index in [-0.39, 0.29) is 0 Å². The van der Waals surface area contributed by atoms with Gasteiger partial charge in [-0.2, -0.15) is 0 Å². The summed E-state index contributed by atoms with van der Waals surface area (Å²) in [5, 5.41) is 0. The number of ether oxygens (including phenoxy) is 3. The summed E-state index contributed by atoms with van der Waals surface area (Å²) in [6.07, 6.45) is 4.37. The van der Waals surface area contributed by atoms with E-state index in [1.807, 2.05) is 12.1 Å². The van der Waals surface area contributed by atoms with Crippen molar-refractivity contribution in [2.45, 2.75) is 26.3 Å². The Morgan fingerprint density at radius 2 is 1.65 bits per heavy atom. The summed E-state index contributed by atoms with van der Waals surface area (Å²) in [4.78, 5) is 2.43. The number of methoxy groups -OCH3 is 3. The summed E-state index contributed by atoms with van der Waals surface area (Å²) in [6.45, 7) is 3.95. The molecule has 3 rings (SSSR count). The fourth-order valence-corrected chi connectivity index (χ4v) is 3.59. The molecule has 2 aromatic carbocycles. The fourth-order valence-electron chi connectivity index (χ4n) is 3.59. The monoisotopic (exact) mass is 353 g/mol. The molecule has 0 saturated carbocycles. The van der Waals surface area contributed by atoms with Crippen LogP contribution >= 0.6 is 0 Å². The van der Waals surface area contributed by atoms with Crippen LogP contribution in [-0.2, 0) is 13.0 Å². The largest absolute Gasteiger partial charge is 0.497 e. The topological polar surface area (TPSA) is 30.9 Å². The molecule has 0 N–H and O–H groups in total. The minimum absolute atomic E-state index is 0.798. The van der Waals surface area contributed by atoms with Crippen LogP contribution in [0.3, 0.4) is 0 Å². The van der Waals surface area contributed by atoms with Crippen LogP contribution in [0.2, 0.25) is 0 Å². The quantitative estimate of drug-likeness (QED) is 0.791. The lowest BCUT2D eigenvalue weighted by atomic mass is 10.0. The molecule has 1 aliphatic heterocycles. The Labute approximate surface area is 156 Å². The maximum absolute atomic E-state index is 5.63. The zero-order chi connectivity index (χ0) is 18.5. The molecule has 0 radical (unpaired) electrons. The summed E-state index contributed by atoms with van der Waals surface area (Å²) in [5.74, 6) is 2.54. The van der Waals surface area contributed by atoms with Gasteiger partial charge in [0.1, 0.15) is 17.2 Å². The Kier molecular flexibility index (Phi) is 5.71. The van der Waals surface area contributed by atoms with Gasteiger partial charge < -0.3 is 19.1 Å². The summed E-state index contributed by atoms with van der Waals surface area (Å²) in [7, 11) is 5.09. The third-order valence-electron chi connectivity index (χ3n) is 4.95. The molecule has 0 bridgehead atoms. The van der Waals surface area contributed by atoms with Crippen LogP contribution in [0.15, 0.2) is 42.5 Å². The molecule has 0 fully saturated rings. The standard InChI is InChI=1S/C22H27NO3/c1-5-21(20-11-10-19(25-3)14-22(20)26-4)23-12-6-7-16-8-9-18(24-2)13-17(16)15-23/h5,8-11,13-14H,6-7,12,15H2,1-4H3/b21-5+. The van der Waals surface area contributed by atoms with Crippen molar-refractivity contribution in [3.8, 4) is 17.2 Å². The van der Waals surface area contributed by atoms with Crippen LogP contribution in [0.25, 0.3) is 5.70 Å². The van der Waals surface area contributed by atoms with Crippen molar-refractivity contribution in [3.05, 3.63) is 59.2 Å². The highest BCUT2D eigenvalue weighted by Gasteiger charge is 2.20. The number of aryl methyl sites for hydroxylation is 1. The molecule has 26 heavy (non-hydrogen) atoms. The highest BCUT2D eigenvalue weighted by atomic mass is 16.5. The molecule has 4 nitrogen and oxygen atoms in total. The van der Waals surface area contributed by atoms with E-state index in [1.54, 1.807) is 21.3 Å². The predicted octanol–water partition coefficient (Wildman–Crippen LogP) is 4.52. The van der Waals surface area contributed by atoms with Gasteiger partial charge in [-0.25, -0.2) is 0 Å². The third-order valence-corrected chi connectivity index (χ3v) is 4.95. The van der Waals surface area contributed by atoms with E-state index in [4.69, 9.17) is 14.2 Å². The van der Waals surface area contributed by atoms with Crippen molar-refractivity contribution in [2.24, 2.45) is 0 Å². The fraction of sp³-hybridized carbons (Fsp3) is 0.364.